The second-order valence-corrected chi connectivity index (χ2v) is 8.52. The van der Waals surface area contributed by atoms with Gasteiger partial charge in [0.15, 0.2) is 0 Å². The molecule has 0 saturated carbocycles. The average molecular weight is 495 g/mol. The van der Waals surface area contributed by atoms with Crippen LogP contribution in [0.25, 0.3) is 17.0 Å². The topological polar surface area (TPSA) is 114 Å². The van der Waals surface area contributed by atoms with Gasteiger partial charge < -0.3 is 24.8 Å². The van der Waals surface area contributed by atoms with Gasteiger partial charge >= 0.3 is 0 Å². The van der Waals surface area contributed by atoms with E-state index < -0.39 is 6.10 Å². The fraction of sp³-hybridized carbons (Fsp3) is 0.250. The summed E-state index contributed by atoms with van der Waals surface area (Å²) in [7, 11) is 1.56. The molecule has 1 fully saturated rings. The van der Waals surface area contributed by atoms with Crippen molar-refractivity contribution in [2.45, 2.75) is 19.1 Å². The first-order valence-electron chi connectivity index (χ1n) is 11.0. The highest BCUT2D eigenvalue weighted by Crippen LogP contribution is 2.33. The Balaban J connectivity index is 1.32. The van der Waals surface area contributed by atoms with Gasteiger partial charge in [-0.25, -0.2) is 15.0 Å². The number of likely N-dealkylation sites (tertiary alicyclic amines) is 1. The Morgan fingerprint density at radius 1 is 1.23 bits per heavy atom. The molecule has 1 aliphatic heterocycles. The third-order valence-electron chi connectivity index (χ3n) is 5.64. The number of anilines is 2. The number of rotatable bonds is 7. The number of imidazole rings is 1. The number of carbonyl (C=O) groups excluding carboxylic acids is 1. The van der Waals surface area contributed by atoms with Gasteiger partial charge in [0.1, 0.15) is 35.0 Å². The molecule has 0 spiro atoms. The molecule has 1 atom stereocenters. The van der Waals surface area contributed by atoms with E-state index in [1.807, 2.05) is 28.8 Å². The van der Waals surface area contributed by atoms with Crippen LogP contribution in [-0.4, -0.2) is 67.7 Å². The van der Waals surface area contributed by atoms with Crippen molar-refractivity contribution in [1.82, 2.24) is 24.3 Å². The molecule has 0 aliphatic carbocycles. The molecule has 4 heterocycles. The lowest BCUT2D eigenvalue weighted by atomic mass is 10.1. The second-order valence-electron chi connectivity index (χ2n) is 8.11. The first-order chi connectivity index (χ1) is 16.9. The summed E-state index contributed by atoms with van der Waals surface area (Å²) in [5.41, 5.74) is 2.72. The number of carbonyl (C=O) groups is 1. The van der Waals surface area contributed by atoms with E-state index >= 15 is 0 Å². The van der Waals surface area contributed by atoms with E-state index in [9.17, 15) is 9.90 Å². The van der Waals surface area contributed by atoms with Gasteiger partial charge in [0.25, 0.3) is 5.91 Å². The van der Waals surface area contributed by atoms with Crippen LogP contribution in [0.5, 0.6) is 11.5 Å². The number of nitrogens with one attached hydrogen (secondary N) is 1. The van der Waals surface area contributed by atoms with Crippen LogP contribution in [-0.2, 0) is 4.79 Å². The number of halogens is 1. The predicted molar refractivity (Wildman–Crippen MR) is 130 cm³/mol. The molecular formula is C24H23ClN6O4. The fourth-order valence-electron chi connectivity index (χ4n) is 3.83. The number of aliphatic hydroxyl groups is 1. The number of methoxy groups -OCH3 is 1. The van der Waals surface area contributed by atoms with Crippen LogP contribution >= 0.6 is 11.6 Å². The first kappa shape index (κ1) is 22.9. The zero-order valence-corrected chi connectivity index (χ0v) is 19.8. The number of fused-ring (bicyclic) bond motifs is 1. The van der Waals surface area contributed by atoms with Crippen LogP contribution in [0.1, 0.15) is 6.92 Å². The van der Waals surface area contributed by atoms with Crippen molar-refractivity contribution in [3.63, 3.8) is 0 Å². The fourth-order valence-corrected chi connectivity index (χ4v) is 4.02. The maximum atomic E-state index is 11.8. The standard InChI is InChI=1S/C24H23ClN6O4/c1-14(32)23(33)30-12-16(13-30)35-15-6-7-18(20(9-15)34-2)28-24-27-10-17(25)22(29-24)19-11-26-21-5-3-4-8-31(19)21/h3-11,14,16,32H,12-13H2,1-2H3,(H,27,28,29)/t14-/m0/s1. The quantitative estimate of drug-likeness (QED) is 0.402. The van der Waals surface area contributed by atoms with Crippen LogP contribution in [0.15, 0.2) is 55.0 Å². The summed E-state index contributed by atoms with van der Waals surface area (Å²) in [6.07, 6.45) is 4.00. The lowest BCUT2D eigenvalue weighted by Crippen LogP contribution is -2.58. The number of aliphatic hydroxyl groups excluding tert-OH is 1. The predicted octanol–water partition coefficient (Wildman–Crippen LogP) is 3.17. The van der Waals surface area contributed by atoms with Gasteiger partial charge in [0.2, 0.25) is 5.95 Å². The zero-order valence-electron chi connectivity index (χ0n) is 19.1. The van der Waals surface area contributed by atoms with E-state index in [-0.39, 0.29) is 12.0 Å². The van der Waals surface area contributed by atoms with Gasteiger partial charge in [-0.2, -0.15) is 0 Å². The molecule has 1 aromatic carbocycles. The first-order valence-corrected chi connectivity index (χ1v) is 11.3. The molecule has 10 nitrogen and oxygen atoms in total. The summed E-state index contributed by atoms with van der Waals surface area (Å²) < 4.78 is 13.4. The van der Waals surface area contributed by atoms with Gasteiger partial charge in [0, 0.05) is 12.3 Å². The number of pyridine rings is 1. The lowest BCUT2D eigenvalue weighted by molar-refractivity contribution is -0.148. The Morgan fingerprint density at radius 2 is 2.06 bits per heavy atom. The minimum absolute atomic E-state index is 0.145. The molecule has 0 radical (unpaired) electrons. The largest absolute Gasteiger partial charge is 0.494 e. The van der Waals surface area contributed by atoms with E-state index in [1.54, 1.807) is 36.4 Å². The van der Waals surface area contributed by atoms with E-state index in [0.717, 1.165) is 11.3 Å². The highest BCUT2D eigenvalue weighted by atomic mass is 35.5. The van der Waals surface area contributed by atoms with Gasteiger partial charge in [-0.05, 0) is 31.2 Å². The SMILES string of the molecule is COc1cc(OC2CN(C(=O)[C@H](C)O)C2)ccc1Nc1ncc(Cl)c(-c2cnc3ccccn23)n1. The zero-order chi connectivity index (χ0) is 24.5. The maximum absolute atomic E-state index is 11.8. The van der Waals surface area contributed by atoms with Crippen molar-refractivity contribution < 1.29 is 19.4 Å². The van der Waals surface area contributed by atoms with E-state index in [2.05, 4.69) is 20.3 Å². The van der Waals surface area contributed by atoms with Gasteiger partial charge in [0.05, 0.1) is 49.0 Å². The number of nitrogens with zero attached hydrogens (tertiary/aromatic N) is 5. The summed E-state index contributed by atoms with van der Waals surface area (Å²) in [5, 5.41) is 13.0. The molecule has 4 aromatic rings. The smallest absolute Gasteiger partial charge is 0.251 e. The van der Waals surface area contributed by atoms with Crippen LogP contribution in [0.4, 0.5) is 11.6 Å². The van der Waals surface area contributed by atoms with Crippen LogP contribution in [0.3, 0.4) is 0 Å². The minimum atomic E-state index is -1.01. The van der Waals surface area contributed by atoms with Gasteiger partial charge in [-0.15, -0.1) is 0 Å². The highest BCUT2D eigenvalue weighted by Gasteiger charge is 2.34. The van der Waals surface area contributed by atoms with E-state index in [4.69, 9.17) is 21.1 Å². The van der Waals surface area contributed by atoms with Crippen LogP contribution in [0, 0.1) is 0 Å². The molecule has 1 saturated heterocycles. The maximum Gasteiger partial charge on any atom is 0.251 e. The Morgan fingerprint density at radius 3 is 2.83 bits per heavy atom. The van der Waals surface area contributed by atoms with Gasteiger partial charge in [-0.1, -0.05) is 17.7 Å². The molecule has 3 aromatic heterocycles. The third-order valence-corrected chi connectivity index (χ3v) is 5.92. The Labute approximate surface area is 206 Å². The Bertz CT molecular complexity index is 1390. The summed E-state index contributed by atoms with van der Waals surface area (Å²) in [6.45, 7) is 2.31. The number of hydrogen-bond acceptors (Lipinski definition) is 8. The molecule has 0 unspecified atom stereocenters. The van der Waals surface area contributed by atoms with Crippen molar-refractivity contribution >= 4 is 34.8 Å². The Kier molecular flexibility index (Phi) is 6.14. The molecule has 11 heteroatoms. The highest BCUT2D eigenvalue weighted by molar-refractivity contribution is 6.32. The number of ether oxygens (including phenoxy) is 2. The molecule has 1 aliphatic rings. The molecule has 5 rings (SSSR count). The monoisotopic (exact) mass is 494 g/mol. The second kappa shape index (κ2) is 9.40. The summed E-state index contributed by atoms with van der Waals surface area (Å²) in [4.78, 5) is 26.7. The third kappa shape index (κ3) is 4.58. The van der Waals surface area contributed by atoms with Crippen molar-refractivity contribution in [2.24, 2.45) is 0 Å². The molecule has 1 amide bonds. The normalized spacial score (nSPS) is 14.5. The Hall–Kier alpha value is -3.89. The molecule has 0 bridgehead atoms. The van der Waals surface area contributed by atoms with Crippen molar-refractivity contribution in [3.05, 3.63) is 60.0 Å². The minimum Gasteiger partial charge on any atom is -0.494 e. The summed E-state index contributed by atoms with van der Waals surface area (Å²) in [6, 6.07) is 11.1. The van der Waals surface area contributed by atoms with E-state index in [0.29, 0.717) is 46.9 Å². The number of aromatic nitrogens is 4. The summed E-state index contributed by atoms with van der Waals surface area (Å²) >= 11 is 6.41. The number of hydrogen-bond donors (Lipinski definition) is 2. The summed E-state index contributed by atoms with van der Waals surface area (Å²) in [5.74, 6) is 1.18. The molecular weight excluding hydrogens is 472 g/mol. The van der Waals surface area contributed by atoms with Crippen molar-refractivity contribution in [3.8, 4) is 22.9 Å². The van der Waals surface area contributed by atoms with Gasteiger partial charge in [-0.3, -0.25) is 9.20 Å². The number of benzene rings is 1. The molecule has 2 N–H and O–H groups in total. The molecule has 180 valence electrons. The van der Waals surface area contributed by atoms with Crippen LogP contribution < -0.4 is 14.8 Å². The average Bonchev–Trinajstić information content (AvgIpc) is 3.26. The lowest BCUT2D eigenvalue weighted by Gasteiger charge is -2.39. The number of amides is 1. The van der Waals surface area contributed by atoms with Crippen molar-refractivity contribution in [2.75, 3.05) is 25.5 Å². The van der Waals surface area contributed by atoms with Crippen molar-refractivity contribution in [1.29, 1.82) is 0 Å². The van der Waals surface area contributed by atoms with E-state index in [1.165, 1.54) is 13.1 Å². The van der Waals surface area contributed by atoms with Crippen LogP contribution in [0.2, 0.25) is 5.02 Å². The molecule has 35 heavy (non-hydrogen) atoms.